The van der Waals surface area contributed by atoms with Crippen LogP contribution in [0.2, 0.25) is 0 Å². The Hall–Kier alpha value is -2.23. The minimum absolute atomic E-state index is 0.0351. The fourth-order valence-corrected chi connectivity index (χ4v) is 5.28. The zero-order chi connectivity index (χ0) is 21.7. The van der Waals surface area contributed by atoms with Gasteiger partial charge in [-0.3, -0.25) is 19.8 Å². The summed E-state index contributed by atoms with van der Waals surface area (Å²) in [6.07, 6.45) is 7.61. The molecular weight excluding hydrogens is 416 g/mol. The smallest absolute Gasteiger partial charge is 0.260 e. The first kappa shape index (κ1) is 22.0. The Morgan fingerprint density at radius 3 is 2.71 bits per heavy atom. The van der Waals surface area contributed by atoms with E-state index >= 15 is 0 Å². The van der Waals surface area contributed by atoms with Crippen molar-refractivity contribution < 1.29 is 18.7 Å². The lowest BCUT2D eigenvalue weighted by Crippen LogP contribution is -2.59. The van der Waals surface area contributed by atoms with Crippen molar-refractivity contribution in [2.75, 3.05) is 38.2 Å². The molecule has 2 aliphatic rings. The van der Waals surface area contributed by atoms with E-state index in [0.717, 1.165) is 39.1 Å². The summed E-state index contributed by atoms with van der Waals surface area (Å²) < 4.78 is 10.7. The molecule has 0 spiro atoms. The molecule has 4 rings (SSSR count). The van der Waals surface area contributed by atoms with Crippen LogP contribution in [0.15, 0.2) is 22.1 Å². The standard InChI is InChI=1S/C22H30N4O4S/c1-16-18(5-10-30-16)20(28)25-21-24-17(14-31-21)13-19(27)23-15-22(6-3-2-4-7-22)26-8-11-29-12-9-26/h5,10,14H,2-4,6-9,11-13,15H2,1H3,(H,23,27)(H,24,25,28). The third kappa shape index (κ3) is 5.34. The maximum Gasteiger partial charge on any atom is 0.260 e. The third-order valence-electron chi connectivity index (χ3n) is 6.30. The van der Waals surface area contributed by atoms with Gasteiger partial charge in [-0.15, -0.1) is 11.3 Å². The zero-order valence-corrected chi connectivity index (χ0v) is 18.8. The predicted molar refractivity (Wildman–Crippen MR) is 118 cm³/mol. The Labute approximate surface area is 186 Å². The third-order valence-corrected chi connectivity index (χ3v) is 7.10. The second-order valence-corrected chi connectivity index (χ2v) is 9.18. The molecule has 2 amide bonds. The molecule has 168 valence electrons. The number of hydrogen-bond acceptors (Lipinski definition) is 7. The summed E-state index contributed by atoms with van der Waals surface area (Å²) >= 11 is 1.32. The largest absolute Gasteiger partial charge is 0.469 e. The van der Waals surface area contributed by atoms with E-state index in [1.165, 1.54) is 36.9 Å². The van der Waals surface area contributed by atoms with Gasteiger partial charge in [-0.1, -0.05) is 19.3 Å². The molecular formula is C22H30N4O4S. The molecule has 0 atom stereocenters. The van der Waals surface area contributed by atoms with Crippen molar-refractivity contribution in [1.29, 1.82) is 0 Å². The average Bonchev–Trinajstić information content (AvgIpc) is 3.42. The Morgan fingerprint density at radius 1 is 1.23 bits per heavy atom. The van der Waals surface area contributed by atoms with E-state index in [1.807, 2.05) is 5.38 Å². The van der Waals surface area contributed by atoms with Crippen LogP contribution in [-0.2, 0) is 16.0 Å². The SMILES string of the molecule is Cc1occc1C(=O)Nc1nc(CC(=O)NCC2(N3CCOCC3)CCCCC2)cs1. The molecule has 3 heterocycles. The van der Waals surface area contributed by atoms with Crippen LogP contribution in [0.25, 0.3) is 0 Å². The molecule has 1 saturated carbocycles. The van der Waals surface area contributed by atoms with E-state index in [1.54, 1.807) is 13.0 Å². The average molecular weight is 447 g/mol. The van der Waals surface area contributed by atoms with Crippen LogP contribution >= 0.6 is 11.3 Å². The highest BCUT2D eigenvalue weighted by atomic mass is 32.1. The minimum atomic E-state index is -0.263. The number of ether oxygens (including phenoxy) is 1. The summed E-state index contributed by atoms with van der Waals surface area (Å²) in [6, 6.07) is 1.63. The molecule has 31 heavy (non-hydrogen) atoms. The van der Waals surface area contributed by atoms with Crippen LogP contribution in [-0.4, -0.2) is 60.1 Å². The number of amides is 2. The number of carbonyl (C=O) groups excluding carboxylic acids is 2. The van der Waals surface area contributed by atoms with Gasteiger partial charge in [0.15, 0.2) is 5.13 Å². The monoisotopic (exact) mass is 446 g/mol. The van der Waals surface area contributed by atoms with Crippen LogP contribution in [0, 0.1) is 6.92 Å². The number of nitrogens with one attached hydrogen (secondary N) is 2. The van der Waals surface area contributed by atoms with Gasteiger partial charge in [-0.2, -0.15) is 0 Å². The second-order valence-electron chi connectivity index (χ2n) is 8.33. The number of carbonyl (C=O) groups is 2. The van der Waals surface area contributed by atoms with Gasteiger partial charge in [0.2, 0.25) is 5.91 Å². The lowest BCUT2D eigenvalue weighted by molar-refractivity contribution is -0.121. The minimum Gasteiger partial charge on any atom is -0.469 e. The quantitative estimate of drug-likeness (QED) is 0.679. The van der Waals surface area contributed by atoms with E-state index < -0.39 is 0 Å². The molecule has 2 fully saturated rings. The number of morpholine rings is 1. The maximum absolute atomic E-state index is 12.7. The molecule has 0 bridgehead atoms. The summed E-state index contributed by atoms with van der Waals surface area (Å²) in [7, 11) is 0. The summed E-state index contributed by atoms with van der Waals surface area (Å²) in [5.41, 5.74) is 1.18. The number of furan rings is 1. The van der Waals surface area contributed by atoms with E-state index in [9.17, 15) is 9.59 Å². The molecule has 2 aromatic heterocycles. The van der Waals surface area contributed by atoms with Gasteiger partial charge < -0.3 is 14.5 Å². The van der Waals surface area contributed by atoms with Crippen molar-refractivity contribution in [3.63, 3.8) is 0 Å². The summed E-state index contributed by atoms with van der Waals surface area (Å²) in [4.78, 5) is 31.9. The molecule has 2 N–H and O–H groups in total. The maximum atomic E-state index is 12.7. The van der Waals surface area contributed by atoms with Gasteiger partial charge >= 0.3 is 0 Å². The topological polar surface area (TPSA) is 96.7 Å². The Balaban J connectivity index is 1.31. The van der Waals surface area contributed by atoms with Gasteiger partial charge in [0, 0.05) is 30.6 Å². The summed E-state index contributed by atoms with van der Waals surface area (Å²) in [6.45, 7) is 5.80. The van der Waals surface area contributed by atoms with E-state index in [2.05, 4.69) is 20.5 Å². The zero-order valence-electron chi connectivity index (χ0n) is 17.9. The lowest BCUT2D eigenvalue weighted by atomic mass is 9.79. The van der Waals surface area contributed by atoms with Crippen molar-refractivity contribution in [2.24, 2.45) is 0 Å². The van der Waals surface area contributed by atoms with Crippen LogP contribution < -0.4 is 10.6 Å². The van der Waals surface area contributed by atoms with Crippen molar-refractivity contribution in [2.45, 2.75) is 51.0 Å². The number of thiazole rings is 1. The Bertz CT molecular complexity index is 897. The van der Waals surface area contributed by atoms with Crippen molar-refractivity contribution in [1.82, 2.24) is 15.2 Å². The fourth-order valence-electron chi connectivity index (χ4n) is 4.57. The fraction of sp³-hybridized carbons (Fsp3) is 0.591. The van der Waals surface area contributed by atoms with Gasteiger partial charge in [0.25, 0.3) is 5.91 Å². The molecule has 0 radical (unpaired) electrons. The highest BCUT2D eigenvalue weighted by Gasteiger charge is 2.38. The Kier molecular flexibility index (Phi) is 7.04. The molecule has 2 aromatic rings. The van der Waals surface area contributed by atoms with E-state index in [4.69, 9.17) is 9.15 Å². The number of nitrogens with zero attached hydrogens (tertiary/aromatic N) is 2. The van der Waals surface area contributed by atoms with Gasteiger partial charge in [0.05, 0.1) is 37.2 Å². The van der Waals surface area contributed by atoms with Crippen molar-refractivity contribution >= 4 is 28.3 Å². The second kappa shape index (κ2) is 9.93. The molecule has 9 heteroatoms. The first-order valence-electron chi connectivity index (χ1n) is 11.0. The number of aromatic nitrogens is 1. The van der Waals surface area contributed by atoms with Gasteiger partial charge in [0.1, 0.15) is 5.76 Å². The van der Waals surface area contributed by atoms with Crippen LogP contribution in [0.3, 0.4) is 0 Å². The first-order chi connectivity index (χ1) is 15.1. The van der Waals surface area contributed by atoms with Crippen LogP contribution in [0.4, 0.5) is 5.13 Å². The lowest BCUT2D eigenvalue weighted by Gasteiger charge is -2.48. The van der Waals surface area contributed by atoms with Gasteiger partial charge in [-0.05, 0) is 25.8 Å². The van der Waals surface area contributed by atoms with E-state index in [0.29, 0.717) is 28.7 Å². The highest BCUT2D eigenvalue weighted by molar-refractivity contribution is 7.14. The first-order valence-corrected chi connectivity index (χ1v) is 11.8. The van der Waals surface area contributed by atoms with Crippen LogP contribution in [0.5, 0.6) is 0 Å². The number of hydrogen-bond donors (Lipinski definition) is 2. The molecule has 8 nitrogen and oxygen atoms in total. The summed E-state index contributed by atoms with van der Waals surface area (Å²) in [5, 5.41) is 8.22. The molecule has 1 saturated heterocycles. The van der Waals surface area contributed by atoms with Gasteiger partial charge in [-0.25, -0.2) is 4.98 Å². The molecule has 1 aliphatic heterocycles. The predicted octanol–water partition coefficient (Wildman–Crippen LogP) is 2.99. The number of anilines is 1. The van der Waals surface area contributed by atoms with Crippen molar-refractivity contribution in [3.05, 3.63) is 34.7 Å². The number of rotatable bonds is 7. The van der Waals surface area contributed by atoms with Crippen molar-refractivity contribution in [3.8, 4) is 0 Å². The number of aryl methyl sites for hydroxylation is 1. The normalized spacial score (nSPS) is 19.1. The molecule has 0 unspecified atom stereocenters. The molecule has 1 aliphatic carbocycles. The Morgan fingerprint density at radius 2 is 2.00 bits per heavy atom. The van der Waals surface area contributed by atoms with E-state index in [-0.39, 0.29) is 23.8 Å². The highest BCUT2D eigenvalue weighted by Crippen LogP contribution is 2.34. The van der Waals surface area contributed by atoms with Crippen LogP contribution in [0.1, 0.15) is 53.9 Å². The molecule has 0 aromatic carbocycles. The summed E-state index contributed by atoms with van der Waals surface area (Å²) in [5.74, 6) is 0.263.